The van der Waals surface area contributed by atoms with E-state index in [4.69, 9.17) is 45.0 Å². The summed E-state index contributed by atoms with van der Waals surface area (Å²) in [4.78, 5) is 4.72. The minimum Gasteiger partial charge on any atom is -0.236 e. The molecule has 1 heterocycles. The monoisotopic (exact) mass is 440 g/mol. The number of benzene rings is 3. The molecule has 0 atom stereocenters. The molecule has 0 saturated heterocycles. The van der Waals surface area contributed by atoms with Crippen molar-refractivity contribution in [1.29, 1.82) is 5.26 Å². The Balaban J connectivity index is 1.64. The van der Waals surface area contributed by atoms with Crippen LogP contribution in [-0.2, 0) is 0 Å². The Kier molecular flexibility index (Phi) is 5.39. The highest BCUT2D eigenvalue weighted by Crippen LogP contribution is 2.34. The van der Waals surface area contributed by atoms with Gasteiger partial charge in [-0.05, 0) is 35.9 Å². The number of nitrogens with zero attached hydrogens (tertiary/aromatic N) is 2. The first-order chi connectivity index (χ1) is 13.5. The van der Waals surface area contributed by atoms with E-state index >= 15 is 0 Å². The number of aromatic nitrogens is 1. The summed E-state index contributed by atoms with van der Waals surface area (Å²) in [5.41, 5.74) is 5.15. The van der Waals surface area contributed by atoms with Gasteiger partial charge in [-0.3, -0.25) is 0 Å². The largest absolute Gasteiger partial charge is 0.236 e. The van der Waals surface area contributed by atoms with Crippen molar-refractivity contribution in [3.8, 4) is 39.0 Å². The van der Waals surface area contributed by atoms with Crippen LogP contribution in [0, 0.1) is 11.3 Å². The van der Waals surface area contributed by atoms with Crippen LogP contribution in [0.3, 0.4) is 0 Å². The lowest BCUT2D eigenvalue weighted by atomic mass is 10.0. The Morgan fingerprint density at radius 2 is 1.43 bits per heavy atom. The van der Waals surface area contributed by atoms with Crippen LogP contribution < -0.4 is 0 Å². The first-order valence-electron chi connectivity index (χ1n) is 8.26. The van der Waals surface area contributed by atoms with Crippen LogP contribution in [0.4, 0.5) is 0 Å². The van der Waals surface area contributed by atoms with Gasteiger partial charge in [-0.1, -0.05) is 65.1 Å². The zero-order valence-electron chi connectivity index (χ0n) is 14.3. The van der Waals surface area contributed by atoms with Gasteiger partial charge in [-0.2, -0.15) is 5.26 Å². The molecule has 0 radical (unpaired) electrons. The molecule has 0 spiro atoms. The average molecular weight is 442 g/mol. The number of nitriles is 1. The molecular formula is C22H11Cl3N2S. The van der Waals surface area contributed by atoms with Crippen LogP contribution in [0.15, 0.2) is 66.0 Å². The van der Waals surface area contributed by atoms with E-state index in [1.807, 2.05) is 41.8 Å². The number of hydrogen-bond donors (Lipinski definition) is 0. The molecule has 0 N–H and O–H groups in total. The highest BCUT2D eigenvalue weighted by molar-refractivity contribution is 7.13. The van der Waals surface area contributed by atoms with Crippen molar-refractivity contribution in [3.63, 3.8) is 0 Å². The van der Waals surface area contributed by atoms with E-state index in [0.717, 1.165) is 33.0 Å². The van der Waals surface area contributed by atoms with Gasteiger partial charge in [0.1, 0.15) is 5.01 Å². The molecule has 0 amide bonds. The summed E-state index contributed by atoms with van der Waals surface area (Å²) < 4.78 is 0. The molecule has 2 nitrogen and oxygen atoms in total. The molecule has 0 unspecified atom stereocenters. The predicted octanol–water partition coefficient (Wildman–Crippen LogP) is 7.98. The third-order valence-electron chi connectivity index (χ3n) is 4.26. The Labute approximate surface area is 181 Å². The van der Waals surface area contributed by atoms with Gasteiger partial charge in [0.25, 0.3) is 0 Å². The van der Waals surface area contributed by atoms with Crippen molar-refractivity contribution in [3.05, 3.63) is 86.7 Å². The highest BCUT2D eigenvalue weighted by atomic mass is 35.5. The van der Waals surface area contributed by atoms with Gasteiger partial charge in [-0.25, -0.2) is 4.98 Å². The maximum Gasteiger partial charge on any atom is 0.124 e. The van der Waals surface area contributed by atoms with Crippen molar-refractivity contribution in [2.75, 3.05) is 0 Å². The molecule has 0 aliphatic carbocycles. The van der Waals surface area contributed by atoms with E-state index in [1.165, 1.54) is 0 Å². The van der Waals surface area contributed by atoms with Crippen LogP contribution in [0.5, 0.6) is 0 Å². The number of rotatable bonds is 3. The fourth-order valence-corrected chi connectivity index (χ4v) is 4.16. The summed E-state index contributed by atoms with van der Waals surface area (Å²) in [5.74, 6) is 0. The van der Waals surface area contributed by atoms with Gasteiger partial charge in [-0.15, -0.1) is 11.3 Å². The minimum absolute atomic E-state index is 0.509. The molecular weight excluding hydrogens is 431 g/mol. The Morgan fingerprint density at radius 1 is 0.750 bits per heavy atom. The van der Waals surface area contributed by atoms with Crippen LogP contribution in [0.25, 0.3) is 33.0 Å². The third kappa shape index (κ3) is 3.78. The Morgan fingerprint density at radius 3 is 2.14 bits per heavy atom. The zero-order valence-corrected chi connectivity index (χ0v) is 17.4. The fraction of sp³-hybridized carbons (Fsp3) is 0. The smallest absolute Gasteiger partial charge is 0.124 e. The van der Waals surface area contributed by atoms with E-state index in [1.54, 1.807) is 35.6 Å². The molecule has 28 heavy (non-hydrogen) atoms. The summed E-state index contributed by atoms with van der Waals surface area (Å²) in [6.45, 7) is 0. The first kappa shape index (κ1) is 19.0. The molecule has 0 aliphatic heterocycles. The van der Waals surface area contributed by atoms with Crippen LogP contribution in [0.1, 0.15) is 5.56 Å². The molecule has 1 aromatic heterocycles. The highest BCUT2D eigenvalue weighted by Gasteiger charge is 2.10. The van der Waals surface area contributed by atoms with Crippen LogP contribution >= 0.6 is 46.1 Å². The van der Waals surface area contributed by atoms with Gasteiger partial charge in [0, 0.05) is 27.1 Å². The average Bonchev–Trinajstić information content (AvgIpc) is 3.21. The predicted molar refractivity (Wildman–Crippen MR) is 118 cm³/mol. The lowest BCUT2D eigenvalue weighted by Gasteiger charge is -2.06. The number of halogens is 3. The molecule has 0 fully saturated rings. The summed E-state index contributed by atoms with van der Waals surface area (Å²) >= 11 is 20.0. The van der Waals surface area contributed by atoms with Crippen LogP contribution in [0.2, 0.25) is 15.1 Å². The molecule has 3 aromatic carbocycles. The van der Waals surface area contributed by atoms with Gasteiger partial charge >= 0.3 is 0 Å². The van der Waals surface area contributed by atoms with Gasteiger partial charge in [0.2, 0.25) is 0 Å². The zero-order chi connectivity index (χ0) is 19.7. The Bertz CT molecular complexity index is 1210. The number of hydrogen-bond acceptors (Lipinski definition) is 3. The maximum atomic E-state index is 9.11. The maximum absolute atomic E-state index is 9.11. The third-order valence-corrected chi connectivity index (χ3v) is 6.22. The van der Waals surface area contributed by atoms with Crippen molar-refractivity contribution in [1.82, 2.24) is 4.98 Å². The van der Waals surface area contributed by atoms with E-state index in [0.29, 0.717) is 20.6 Å². The van der Waals surface area contributed by atoms with Gasteiger partial charge in [0.15, 0.2) is 0 Å². The van der Waals surface area contributed by atoms with Crippen molar-refractivity contribution >= 4 is 46.1 Å². The fourth-order valence-electron chi connectivity index (χ4n) is 2.80. The van der Waals surface area contributed by atoms with E-state index < -0.39 is 0 Å². The van der Waals surface area contributed by atoms with Gasteiger partial charge < -0.3 is 0 Å². The standard InChI is InChI=1S/C22H11Cl3N2S/c23-18-7-1-13(11-26)9-17(18)14-2-4-15(5-3-14)22-27-21(12-28-22)16-6-8-19(24)20(25)10-16/h1-10,12H. The normalized spacial score (nSPS) is 10.6. The lowest BCUT2D eigenvalue weighted by Crippen LogP contribution is -1.84. The summed E-state index contributed by atoms with van der Waals surface area (Å²) in [5, 5.41) is 13.7. The molecule has 0 saturated carbocycles. The van der Waals surface area contributed by atoms with E-state index in [-0.39, 0.29) is 0 Å². The summed E-state index contributed by atoms with van der Waals surface area (Å²) in [6.07, 6.45) is 0. The van der Waals surface area contributed by atoms with Crippen molar-refractivity contribution < 1.29 is 0 Å². The van der Waals surface area contributed by atoms with Crippen molar-refractivity contribution in [2.24, 2.45) is 0 Å². The number of thiazole rings is 1. The topological polar surface area (TPSA) is 36.7 Å². The first-order valence-corrected chi connectivity index (χ1v) is 10.3. The second-order valence-corrected chi connectivity index (χ2v) is 8.13. The van der Waals surface area contributed by atoms with Gasteiger partial charge in [0.05, 0.1) is 27.4 Å². The summed E-state index contributed by atoms with van der Waals surface area (Å²) in [6, 6.07) is 20.9. The summed E-state index contributed by atoms with van der Waals surface area (Å²) in [7, 11) is 0. The molecule has 4 aromatic rings. The SMILES string of the molecule is N#Cc1ccc(Cl)c(-c2ccc(-c3nc(-c4ccc(Cl)c(Cl)c4)cs3)cc2)c1. The Hall–Kier alpha value is -2.35. The minimum atomic E-state index is 0.509. The quantitative estimate of drug-likeness (QED) is 0.323. The van der Waals surface area contributed by atoms with E-state index in [9.17, 15) is 0 Å². The van der Waals surface area contributed by atoms with Crippen LogP contribution in [-0.4, -0.2) is 4.98 Å². The lowest BCUT2D eigenvalue weighted by molar-refractivity contribution is 1.40. The van der Waals surface area contributed by atoms with E-state index in [2.05, 4.69) is 6.07 Å². The molecule has 0 bridgehead atoms. The second kappa shape index (κ2) is 7.95. The second-order valence-electron chi connectivity index (χ2n) is 6.05. The molecule has 4 rings (SSSR count). The molecule has 6 heteroatoms. The molecule has 0 aliphatic rings. The molecule has 136 valence electrons. The van der Waals surface area contributed by atoms with Crippen molar-refractivity contribution in [2.45, 2.75) is 0 Å².